The number of nitrogens with one attached hydrogen (secondary N) is 1. The van der Waals surface area contributed by atoms with Crippen LogP contribution >= 0.6 is 0 Å². The lowest BCUT2D eigenvalue weighted by Gasteiger charge is -2.18. The number of aromatic nitrogens is 1. The van der Waals surface area contributed by atoms with Crippen LogP contribution in [0.3, 0.4) is 0 Å². The molecule has 4 aromatic rings. The average molecular weight is 438 g/mol. The van der Waals surface area contributed by atoms with E-state index in [0.717, 1.165) is 38.6 Å². The number of hydrogen-bond acceptors (Lipinski definition) is 4. The van der Waals surface area contributed by atoms with Gasteiger partial charge >= 0.3 is 12.1 Å². The summed E-state index contributed by atoms with van der Waals surface area (Å²) in [5, 5.41) is 14.1. The Balaban J connectivity index is 1.29. The van der Waals surface area contributed by atoms with Crippen LogP contribution in [0.15, 0.2) is 85.2 Å². The molecule has 1 aromatic heterocycles. The molecule has 1 aliphatic rings. The second kappa shape index (κ2) is 8.74. The van der Waals surface area contributed by atoms with Crippen LogP contribution < -0.4 is 5.32 Å². The van der Waals surface area contributed by atoms with Crippen LogP contribution in [0.25, 0.3) is 21.9 Å². The Morgan fingerprint density at radius 3 is 2.33 bits per heavy atom. The molecule has 33 heavy (non-hydrogen) atoms. The highest BCUT2D eigenvalue weighted by Gasteiger charge is 2.30. The molecule has 0 fully saturated rings. The highest BCUT2D eigenvalue weighted by Crippen LogP contribution is 2.44. The lowest BCUT2D eigenvalue weighted by Crippen LogP contribution is -2.43. The zero-order chi connectivity index (χ0) is 22.8. The molecule has 0 unspecified atom stereocenters. The topological polar surface area (TPSA) is 88.5 Å². The van der Waals surface area contributed by atoms with Crippen molar-refractivity contribution in [2.24, 2.45) is 0 Å². The maximum Gasteiger partial charge on any atom is 0.407 e. The van der Waals surface area contributed by atoms with E-state index in [1.54, 1.807) is 12.4 Å². The van der Waals surface area contributed by atoms with Crippen molar-refractivity contribution in [1.29, 1.82) is 0 Å². The summed E-state index contributed by atoms with van der Waals surface area (Å²) < 4.78 is 5.52. The van der Waals surface area contributed by atoms with Crippen molar-refractivity contribution >= 4 is 22.8 Å². The molecule has 5 rings (SSSR count). The quantitative estimate of drug-likeness (QED) is 0.453. The minimum absolute atomic E-state index is 0.0874. The number of benzene rings is 3. The standard InChI is InChI=1S/C27H22N2O4/c30-26(31)25(14-18-7-5-6-17-12-13-28-15-23(17)18)29-27(32)33-16-24-21-10-3-1-8-19(21)20-9-2-4-11-22(20)24/h1-13,15,24-25H,14,16H2,(H,29,32)(H,30,31)/t25-/m0/s1. The van der Waals surface area contributed by atoms with E-state index >= 15 is 0 Å². The first kappa shape index (κ1) is 20.7. The molecule has 0 radical (unpaired) electrons. The first-order chi connectivity index (χ1) is 16.1. The van der Waals surface area contributed by atoms with Crippen LogP contribution in [0.2, 0.25) is 0 Å². The van der Waals surface area contributed by atoms with Crippen molar-refractivity contribution in [2.75, 3.05) is 6.61 Å². The van der Waals surface area contributed by atoms with Gasteiger partial charge in [-0.15, -0.1) is 0 Å². The van der Waals surface area contributed by atoms with Crippen molar-refractivity contribution in [3.05, 3.63) is 102 Å². The van der Waals surface area contributed by atoms with E-state index in [0.29, 0.717) is 0 Å². The molecule has 6 heteroatoms. The predicted octanol–water partition coefficient (Wildman–Crippen LogP) is 4.77. The van der Waals surface area contributed by atoms with E-state index in [1.807, 2.05) is 60.7 Å². The molecule has 6 nitrogen and oxygen atoms in total. The summed E-state index contributed by atoms with van der Waals surface area (Å²) >= 11 is 0. The molecular formula is C27H22N2O4. The average Bonchev–Trinajstić information content (AvgIpc) is 3.16. The Morgan fingerprint density at radius 1 is 0.939 bits per heavy atom. The second-order valence-corrected chi connectivity index (χ2v) is 8.08. The van der Waals surface area contributed by atoms with Crippen LogP contribution in [0.5, 0.6) is 0 Å². The Hall–Kier alpha value is -4.19. The third-order valence-corrected chi connectivity index (χ3v) is 6.13. The van der Waals surface area contributed by atoms with Gasteiger partial charge in [0.15, 0.2) is 0 Å². The lowest BCUT2D eigenvalue weighted by atomic mass is 9.98. The minimum atomic E-state index is -1.12. The summed E-state index contributed by atoms with van der Waals surface area (Å²) in [5.74, 6) is -1.21. The third-order valence-electron chi connectivity index (χ3n) is 6.13. The Bertz CT molecular complexity index is 1300. The second-order valence-electron chi connectivity index (χ2n) is 8.08. The van der Waals surface area contributed by atoms with Gasteiger partial charge < -0.3 is 15.2 Å². The van der Waals surface area contributed by atoms with Gasteiger partial charge in [0.05, 0.1) is 0 Å². The summed E-state index contributed by atoms with van der Waals surface area (Å²) in [5.41, 5.74) is 5.27. The maximum atomic E-state index is 12.6. The van der Waals surface area contributed by atoms with E-state index in [-0.39, 0.29) is 18.9 Å². The number of alkyl carbamates (subject to hydrolysis) is 1. The fourth-order valence-electron chi connectivity index (χ4n) is 4.56. The summed E-state index contributed by atoms with van der Waals surface area (Å²) in [7, 11) is 0. The van der Waals surface area contributed by atoms with E-state index in [9.17, 15) is 14.7 Å². The van der Waals surface area contributed by atoms with E-state index < -0.39 is 18.1 Å². The highest BCUT2D eigenvalue weighted by molar-refractivity contribution is 5.86. The van der Waals surface area contributed by atoms with Gasteiger partial charge in [-0.2, -0.15) is 0 Å². The number of nitrogens with zero attached hydrogens (tertiary/aromatic N) is 1. The van der Waals surface area contributed by atoms with Crippen molar-refractivity contribution in [1.82, 2.24) is 10.3 Å². The molecular weight excluding hydrogens is 416 g/mol. The Labute approximate surface area is 190 Å². The predicted molar refractivity (Wildman–Crippen MR) is 125 cm³/mol. The number of amides is 1. The molecule has 0 saturated heterocycles. The molecule has 0 saturated carbocycles. The van der Waals surface area contributed by atoms with Crippen molar-refractivity contribution in [2.45, 2.75) is 18.4 Å². The largest absolute Gasteiger partial charge is 0.480 e. The number of carboxylic acids is 1. The first-order valence-electron chi connectivity index (χ1n) is 10.8. The summed E-state index contributed by atoms with van der Waals surface area (Å²) in [6, 6.07) is 22.5. The molecule has 1 atom stereocenters. The fraction of sp³-hybridized carbons (Fsp3) is 0.148. The number of carbonyl (C=O) groups excluding carboxylic acids is 1. The van der Waals surface area contributed by atoms with Crippen LogP contribution in [-0.4, -0.2) is 34.8 Å². The van der Waals surface area contributed by atoms with Gasteiger partial charge in [-0.1, -0.05) is 66.7 Å². The smallest absolute Gasteiger partial charge is 0.407 e. The molecule has 3 aromatic carbocycles. The van der Waals surface area contributed by atoms with Crippen molar-refractivity contribution in [3.8, 4) is 11.1 Å². The van der Waals surface area contributed by atoms with Gasteiger partial charge in [-0.05, 0) is 39.3 Å². The number of fused-ring (bicyclic) bond motifs is 4. The highest BCUT2D eigenvalue weighted by atomic mass is 16.5. The summed E-state index contributed by atoms with van der Waals surface area (Å²) in [4.78, 5) is 28.6. The third kappa shape index (κ3) is 4.03. The van der Waals surface area contributed by atoms with E-state index in [4.69, 9.17) is 4.74 Å². The maximum absolute atomic E-state index is 12.6. The number of aliphatic carboxylic acids is 1. The SMILES string of the molecule is O=C(N[C@@H](Cc1cccc2ccncc12)C(=O)O)OCC1c2ccccc2-c2ccccc21. The van der Waals surface area contributed by atoms with Crippen molar-refractivity contribution in [3.63, 3.8) is 0 Å². The fourth-order valence-corrected chi connectivity index (χ4v) is 4.56. The molecule has 0 bridgehead atoms. The van der Waals surface area contributed by atoms with Gasteiger partial charge in [-0.25, -0.2) is 9.59 Å². The van der Waals surface area contributed by atoms with Crippen molar-refractivity contribution < 1.29 is 19.4 Å². The van der Waals surface area contributed by atoms with Gasteiger partial charge in [-0.3, -0.25) is 4.98 Å². The van der Waals surface area contributed by atoms with Gasteiger partial charge in [0.25, 0.3) is 0 Å². The van der Waals surface area contributed by atoms with Crippen LogP contribution in [0.4, 0.5) is 4.79 Å². The lowest BCUT2D eigenvalue weighted by molar-refractivity contribution is -0.139. The molecule has 1 amide bonds. The number of carboxylic acid groups (broad SMARTS) is 1. The molecule has 0 spiro atoms. The summed E-state index contributed by atoms with van der Waals surface area (Å²) in [6.07, 6.45) is 2.78. The number of ether oxygens (including phenoxy) is 1. The molecule has 0 aliphatic heterocycles. The van der Waals surface area contributed by atoms with Gasteiger partial charge in [0, 0.05) is 30.1 Å². The monoisotopic (exact) mass is 438 g/mol. The molecule has 1 heterocycles. The van der Waals surface area contributed by atoms with Crippen LogP contribution in [-0.2, 0) is 16.0 Å². The Kier molecular flexibility index (Phi) is 5.48. The van der Waals surface area contributed by atoms with E-state index in [2.05, 4.69) is 22.4 Å². The molecule has 164 valence electrons. The van der Waals surface area contributed by atoms with Gasteiger partial charge in [0.2, 0.25) is 0 Å². The summed E-state index contributed by atoms with van der Waals surface area (Å²) in [6.45, 7) is 0.129. The number of hydrogen-bond donors (Lipinski definition) is 2. The number of carbonyl (C=O) groups is 2. The first-order valence-corrected chi connectivity index (χ1v) is 10.8. The van der Waals surface area contributed by atoms with Gasteiger partial charge in [0.1, 0.15) is 12.6 Å². The van der Waals surface area contributed by atoms with Crippen LogP contribution in [0, 0.1) is 0 Å². The molecule has 1 aliphatic carbocycles. The number of pyridine rings is 1. The van der Waals surface area contributed by atoms with E-state index in [1.165, 1.54) is 0 Å². The molecule has 2 N–H and O–H groups in total. The zero-order valence-corrected chi connectivity index (χ0v) is 17.8. The Morgan fingerprint density at radius 2 is 1.64 bits per heavy atom. The normalized spacial score (nSPS) is 13.2. The van der Waals surface area contributed by atoms with Crippen LogP contribution in [0.1, 0.15) is 22.6 Å². The number of rotatable bonds is 6. The minimum Gasteiger partial charge on any atom is -0.480 e. The zero-order valence-electron chi connectivity index (χ0n) is 17.8.